The van der Waals surface area contributed by atoms with Gasteiger partial charge in [-0.05, 0) is 37.8 Å². The first-order chi connectivity index (χ1) is 10.8. The third-order valence-electron chi connectivity index (χ3n) is 4.84. The van der Waals surface area contributed by atoms with Crippen LogP contribution in [0, 0.1) is 0 Å². The van der Waals surface area contributed by atoms with Crippen molar-refractivity contribution in [3.8, 4) is 0 Å². The third-order valence-corrected chi connectivity index (χ3v) is 4.84. The van der Waals surface area contributed by atoms with Crippen LogP contribution in [0.5, 0.6) is 0 Å². The Morgan fingerprint density at radius 1 is 1.00 bits per heavy atom. The van der Waals surface area contributed by atoms with Gasteiger partial charge in [0.25, 0.3) is 5.91 Å². The van der Waals surface area contributed by atoms with Gasteiger partial charge in [0.05, 0.1) is 0 Å². The highest BCUT2D eigenvalue weighted by Crippen LogP contribution is 2.19. The Morgan fingerprint density at radius 3 is 2.41 bits per heavy atom. The van der Waals surface area contributed by atoms with Crippen molar-refractivity contribution in [3.63, 3.8) is 0 Å². The van der Waals surface area contributed by atoms with Crippen molar-refractivity contribution >= 4 is 11.7 Å². The van der Waals surface area contributed by atoms with E-state index in [0.717, 1.165) is 31.7 Å². The number of hydrogen-bond donors (Lipinski definition) is 1. The second-order valence-electron chi connectivity index (χ2n) is 6.59. The molecule has 3 rings (SSSR count). The molecule has 0 spiro atoms. The Hall–Kier alpha value is -1.58. The van der Waals surface area contributed by atoms with Crippen LogP contribution in [-0.4, -0.2) is 30.0 Å². The van der Waals surface area contributed by atoms with Crippen molar-refractivity contribution in [2.24, 2.45) is 0 Å². The maximum atomic E-state index is 12.4. The van der Waals surface area contributed by atoms with E-state index in [-0.39, 0.29) is 5.91 Å². The van der Waals surface area contributed by atoms with E-state index in [9.17, 15) is 4.79 Å². The average molecular weight is 301 g/mol. The lowest BCUT2D eigenvalue weighted by Gasteiger charge is -2.24. The zero-order valence-electron chi connectivity index (χ0n) is 13.4. The van der Waals surface area contributed by atoms with Crippen molar-refractivity contribution in [1.29, 1.82) is 0 Å². The van der Waals surface area contributed by atoms with Crippen molar-refractivity contribution in [2.45, 2.75) is 63.8 Å². The minimum Gasteiger partial charge on any atom is -0.357 e. The van der Waals surface area contributed by atoms with Gasteiger partial charge < -0.3 is 10.2 Å². The summed E-state index contributed by atoms with van der Waals surface area (Å²) in [6.07, 6.45) is 11.0. The molecule has 2 aliphatic rings. The quantitative estimate of drug-likeness (QED) is 0.929. The molecule has 2 fully saturated rings. The van der Waals surface area contributed by atoms with Gasteiger partial charge in [-0.1, -0.05) is 38.2 Å². The Kier molecular flexibility index (Phi) is 5.30. The van der Waals surface area contributed by atoms with Crippen LogP contribution in [0.2, 0.25) is 0 Å². The molecule has 4 nitrogen and oxygen atoms in total. The largest absolute Gasteiger partial charge is 0.357 e. The summed E-state index contributed by atoms with van der Waals surface area (Å²) >= 11 is 0. The van der Waals surface area contributed by atoms with E-state index in [1.54, 1.807) is 0 Å². The third kappa shape index (κ3) is 3.99. The van der Waals surface area contributed by atoms with Gasteiger partial charge in [-0.2, -0.15) is 0 Å². The molecule has 0 unspecified atom stereocenters. The van der Waals surface area contributed by atoms with E-state index in [1.165, 1.54) is 44.9 Å². The van der Waals surface area contributed by atoms with E-state index in [2.05, 4.69) is 15.2 Å². The second kappa shape index (κ2) is 7.61. The molecule has 0 radical (unpaired) electrons. The monoisotopic (exact) mass is 301 g/mol. The minimum atomic E-state index is -0.0106. The van der Waals surface area contributed by atoms with Gasteiger partial charge >= 0.3 is 0 Å². The highest BCUT2D eigenvalue weighted by molar-refractivity contribution is 5.92. The predicted octanol–water partition coefficient (Wildman–Crippen LogP) is 3.52. The maximum absolute atomic E-state index is 12.4. The fourth-order valence-corrected chi connectivity index (χ4v) is 3.53. The van der Waals surface area contributed by atoms with E-state index >= 15 is 0 Å². The molecule has 1 aliphatic carbocycles. The number of carbonyl (C=O) groups is 1. The predicted molar refractivity (Wildman–Crippen MR) is 89.3 cm³/mol. The molecule has 1 aromatic heterocycles. The molecule has 1 N–H and O–H groups in total. The summed E-state index contributed by atoms with van der Waals surface area (Å²) in [7, 11) is 0. The van der Waals surface area contributed by atoms with Crippen molar-refractivity contribution in [3.05, 3.63) is 23.9 Å². The first kappa shape index (κ1) is 15.3. The van der Waals surface area contributed by atoms with Gasteiger partial charge in [0.1, 0.15) is 11.5 Å². The van der Waals surface area contributed by atoms with E-state index in [1.807, 2.05) is 18.2 Å². The standard InChI is InChI=1S/C18H27N3O/c22-18(19-15-9-4-3-5-10-15)16-11-8-12-17(20-16)21-13-6-1-2-7-14-21/h8,11-12,15H,1-7,9-10,13-14H2,(H,19,22). The first-order valence-corrected chi connectivity index (χ1v) is 8.86. The molecule has 1 saturated heterocycles. The highest BCUT2D eigenvalue weighted by Gasteiger charge is 2.18. The molecule has 120 valence electrons. The SMILES string of the molecule is O=C(NC1CCCCC1)c1cccc(N2CCCCCC2)n1. The first-order valence-electron chi connectivity index (χ1n) is 8.86. The van der Waals surface area contributed by atoms with Crippen LogP contribution in [0.25, 0.3) is 0 Å². The Bertz CT molecular complexity index is 489. The van der Waals surface area contributed by atoms with Crippen LogP contribution in [0.15, 0.2) is 18.2 Å². The lowest BCUT2D eigenvalue weighted by atomic mass is 9.95. The molecule has 1 aliphatic heterocycles. The lowest BCUT2D eigenvalue weighted by molar-refractivity contribution is 0.0922. The normalized spacial score (nSPS) is 20.5. The zero-order valence-corrected chi connectivity index (χ0v) is 13.4. The molecular formula is C18H27N3O. The average Bonchev–Trinajstić information content (AvgIpc) is 2.85. The number of aromatic nitrogens is 1. The van der Waals surface area contributed by atoms with Crippen LogP contribution in [0.3, 0.4) is 0 Å². The molecule has 2 heterocycles. The van der Waals surface area contributed by atoms with Gasteiger partial charge in [-0.3, -0.25) is 4.79 Å². The van der Waals surface area contributed by atoms with Crippen molar-refractivity contribution in [2.75, 3.05) is 18.0 Å². The number of hydrogen-bond acceptors (Lipinski definition) is 3. The van der Waals surface area contributed by atoms with Crippen molar-refractivity contribution in [1.82, 2.24) is 10.3 Å². The summed E-state index contributed by atoms with van der Waals surface area (Å²) < 4.78 is 0. The molecule has 0 aromatic carbocycles. The van der Waals surface area contributed by atoms with Crippen molar-refractivity contribution < 1.29 is 4.79 Å². The van der Waals surface area contributed by atoms with Gasteiger partial charge in [0, 0.05) is 19.1 Å². The van der Waals surface area contributed by atoms with E-state index in [4.69, 9.17) is 0 Å². The van der Waals surface area contributed by atoms with E-state index < -0.39 is 0 Å². The molecule has 0 atom stereocenters. The number of carbonyl (C=O) groups excluding carboxylic acids is 1. The van der Waals surface area contributed by atoms with Crippen LogP contribution in [0.1, 0.15) is 68.3 Å². The van der Waals surface area contributed by atoms with Gasteiger partial charge in [0.15, 0.2) is 0 Å². The molecular weight excluding hydrogens is 274 g/mol. The minimum absolute atomic E-state index is 0.0106. The number of pyridine rings is 1. The smallest absolute Gasteiger partial charge is 0.270 e. The molecule has 0 bridgehead atoms. The zero-order chi connectivity index (χ0) is 15.2. The van der Waals surface area contributed by atoms with Crippen LogP contribution < -0.4 is 10.2 Å². The summed E-state index contributed by atoms with van der Waals surface area (Å²) in [4.78, 5) is 19.4. The fourth-order valence-electron chi connectivity index (χ4n) is 3.53. The topological polar surface area (TPSA) is 45.2 Å². The summed E-state index contributed by atoms with van der Waals surface area (Å²) in [6, 6.07) is 6.16. The second-order valence-corrected chi connectivity index (χ2v) is 6.59. The Labute approximate surface area is 133 Å². The lowest BCUT2D eigenvalue weighted by Crippen LogP contribution is -2.36. The van der Waals surface area contributed by atoms with Gasteiger partial charge in [0.2, 0.25) is 0 Å². The highest BCUT2D eigenvalue weighted by atomic mass is 16.1. The van der Waals surface area contributed by atoms with E-state index in [0.29, 0.717) is 11.7 Å². The number of nitrogens with zero attached hydrogens (tertiary/aromatic N) is 2. The summed E-state index contributed by atoms with van der Waals surface area (Å²) in [5.74, 6) is 0.946. The number of nitrogens with one attached hydrogen (secondary N) is 1. The summed E-state index contributed by atoms with van der Waals surface area (Å²) in [6.45, 7) is 2.11. The number of amides is 1. The molecule has 22 heavy (non-hydrogen) atoms. The fraction of sp³-hybridized carbons (Fsp3) is 0.667. The Balaban J connectivity index is 1.65. The van der Waals surface area contributed by atoms with Gasteiger partial charge in [-0.15, -0.1) is 0 Å². The van der Waals surface area contributed by atoms with Crippen LogP contribution in [0.4, 0.5) is 5.82 Å². The van der Waals surface area contributed by atoms with Gasteiger partial charge in [-0.25, -0.2) is 4.98 Å². The summed E-state index contributed by atoms with van der Waals surface area (Å²) in [5.41, 5.74) is 0.562. The molecule has 1 aromatic rings. The molecule has 1 amide bonds. The molecule has 1 saturated carbocycles. The Morgan fingerprint density at radius 2 is 1.68 bits per heavy atom. The summed E-state index contributed by atoms with van der Waals surface area (Å²) in [5, 5.41) is 3.16. The van der Waals surface area contributed by atoms with Crippen LogP contribution >= 0.6 is 0 Å². The van der Waals surface area contributed by atoms with Crippen LogP contribution in [-0.2, 0) is 0 Å². The maximum Gasteiger partial charge on any atom is 0.270 e. The number of anilines is 1. The molecule has 4 heteroatoms. The number of rotatable bonds is 3.